The van der Waals surface area contributed by atoms with Gasteiger partial charge in [0.25, 0.3) is 0 Å². The largest absolute Gasteiger partial charge is 0.361 e. The minimum Gasteiger partial charge on any atom is -0.361 e. The highest BCUT2D eigenvalue weighted by molar-refractivity contribution is 5.21. The van der Waals surface area contributed by atoms with Crippen LogP contribution in [0.3, 0.4) is 0 Å². The molecular weight excluding hydrogens is 279 g/mol. The second-order valence-corrected chi connectivity index (χ2v) is 6.32. The van der Waals surface area contributed by atoms with E-state index in [2.05, 4.69) is 10.1 Å². The fourth-order valence-electron chi connectivity index (χ4n) is 3.27. The number of piperidine rings is 1. The van der Waals surface area contributed by atoms with Crippen molar-refractivity contribution in [3.05, 3.63) is 52.7 Å². The molecule has 0 atom stereocenters. The average molecular weight is 302 g/mol. The predicted octanol–water partition coefficient (Wildman–Crippen LogP) is 3.89. The van der Waals surface area contributed by atoms with Crippen molar-refractivity contribution in [1.29, 1.82) is 0 Å². The Bertz CT molecular complexity index is 610. The molecule has 0 N–H and O–H groups in total. The summed E-state index contributed by atoms with van der Waals surface area (Å²) in [6.45, 7) is 7.00. The summed E-state index contributed by atoms with van der Waals surface area (Å²) in [5.41, 5.74) is 3.06. The molecule has 1 fully saturated rings. The van der Waals surface area contributed by atoms with Crippen molar-refractivity contribution >= 4 is 0 Å². The minimum atomic E-state index is -0.0688. The molecule has 0 amide bonds. The van der Waals surface area contributed by atoms with Crippen LogP contribution in [-0.2, 0) is 13.0 Å². The number of nitrogens with zero attached hydrogens (tertiary/aromatic N) is 2. The first-order chi connectivity index (χ1) is 10.6. The predicted molar refractivity (Wildman–Crippen MR) is 84.1 cm³/mol. The summed E-state index contributed by atoms with van der Waals surface area (Å²) in [4.78, 5) is 2.45. The molecule has 2 heterocycles. The molecule has 0 spiro atoms. The molecule has 1 aliphatic heterocycles. The zero-order valence-corrected chi connectivity index (χ0v) is 13.3. The molecule has 1 saturated heterocycles. The van der Waals surface area contributed by atoms with E-state index in [1.165, 1.54) is 5.56 Å². The van der Waals surface area contributed by atoms with Gasteiger partial charge in [-0.05, 0) is 63.7 Å². The van der Waals surface area contributed by atoms with Gasteiger partial charge >= 0.3 is 0 Å². The van der Waals surface area contributed by atoms with Gasteiger partial charge in [0, 0.05) is 12.1 Å². The molecule has 118 valence electrons. The van der Waals surface area contributed by atoms with E-state index in [1.807, 2.05) is 26.0 Å². The fourth-order valence-corrected chi connectivity index (χ4v) is 3.27. The van der Waals surface area contributed by atoms with Crippen LogP contribution >= 0.6 is 0 Å². The van der Waals surface area contributed by atoms with E-state index in [4.69, 9.17) is 4.52 Å². The van der Waals surface area contributed by atoms with Gasteiger partial charge in [-0.25, -0.2) is 4.39 Å². The van der Waals surface area contributed by atoms with Crippen LogP contribution in [0.1, 0.15) is 35.4 Å². The summed E-state index contributed by atoms with van der Waals surface area (Å²) >= 11 is 0. The molecule has 1 aliphatic rings. The molecule has 3 rings (SSSR count). The Labute approximate surface area is 131 Å². The van der Waals surface area contributed by atoms with Gasteiger partial charge in [0.2, 0.25) is 0 Å². The van der Waals surface area contributed by atoms with Crippen LogP contribution in [0.4, 0.5) is 4.39 Å². The van der Waals surface area contributed by atoms with Gasteiger partial charge in [-0.3, -0.25) is 4.90 Å². The highest BCUT2D eigenvalue weighted by Gasteiger charge is 2.22. The van der Waals surface area contributed by atoms with Gasteiger partial charge in [-0.1, -0.05) is 23.4 Å². The molecule has 1 aromatic carbocycles. The van der Waals surface area contributed by atoms with E-state index in [0.29, 0.717) is 5.92 Å². The maximum absolute atomic E-state index is 13.7. The van der Waals surface area contributed by atoms with Crippen molar-refractivity contribution in [2.24, 2.45) is 5.92 Å². The number of aromatic nitrogens is 1. The molecule has 1 aromatic heterocycles. The quantitative estimate of drug-likeness (QED) is 0.858. The monoisotopic (exact) mass is 302 g/mol. The average Bonchev–Trinajstić information content (AvgIpc) is 2.83. The van der Waals surface area contributed by atoms with Gasteiger partial charge in [-0.15, -0.1) is 0 Å². The van der Waals surface area contributed by atoms with E-state index in [0.717, 1.165) is 55.9 Å². The molecule has 2 aromatic rings. The third kappa shape index (κ3) is 3.38. The van der Waals surface area contributed by atoms with Crippen LogP contribution in [0.5, 0.6) is 0 Å². The number of benzene rings is 1. The summed E-state index contributed by atoms with van der Waals surface area (Å²) in [5, 5.41) is 4.02. The van der Waals surface area contributed by atoms with E-state index in [1.54, 1.807) is 12.1 Å². The van der Waals surface area contributed by atoms with Gasteiger partial charge in [-0.2, -0.15) is 0 Å². The fraction of sp³-hybridized carbons (Fsp3) is 0.500. The summed E-state index contributed by atoms with van der Waals surface area (Å²) in [7, 11) is 0. The third-order valence-electron chi connectivity index (χ3n) is 4.74. The number of halogens is 1. The first-order valence-electron chi connectivity index (χ1n) is 8.01. The number of rotatable bonds is 4. The summed E-state index contributed by atoms with van der Waals surface area (Å²) in [5.74, 6) is 1.43. The van der Waals surface area contributed by atoms with E-state index >= 15 is 0 Å². The summed E-state index contributed by atoms with van der Waals surface area (Å²) in [6.07, 6.45) is 3.10. The van der Waals surface area contributed by atoms with E-state index < -0.39 is 0 Å². The van der Waals surface area contributed by atoms with Crippen LogP contribution in [0, 0.1) is 25.6 Å². The number of hydrogen-bond donors (Lipinski definition) is 0. The van der Waals surface area contributed by atoms with Crippen molar-refractivity contribution in [2.75, 3.05) is 13.1 Å². The topological polar surface area (TPSA) is 29.3 Å². The molecule has 4 heteroatoms. The second-order valence-electron chi connectivity index (χ2n) is 6.32. The first-order valence-corrected chi connectivity index (χ1v) is 8.01. The summed E-state index contributed by atoms with van der Waals surface area (Å²) in [6, 6.07) is 7.14. The number of hydrogen-bond acceptors (Lipinski definition) is 3. The lowest BCUT2D eigenvalue weighted by Crippen LogP contribution is -2.34. The van der Waals surface area contributed by atoms with Crippen molar-refractivity contribution in [3.63, 3.8) is 0 Å². The van der Waals surface area contributed by atoms with Crippen molar-refractivity contribution in [1.82, 2.24) is 10.1 Å². The Morgan fingerprint density at radius 3 is 2.59 bits per heavy atom. The SMILES string of the molecule is Cc1noc(C)c1CN1CCC(Cc2ccccc2F)CC1. The molecule has 0 unspecified atom stereocenters. The highest BCUT2D eigenvalue weighted by Crippen LogP contribution is 2.25. The smallest absolute Gasteiger partial charge is 0.138 e. The summed E-state index contributed by atoms with van der Waals surface area (Å²) < 4.78 is 19.0. The van der Waals surface area contributed by atoms with Crippen LogP contribution in [-0.4, -0.2) is 23.1 Å². The second kappa shape index (κ2) is 6.61. The van der Waals surface area contributed by atoms with Crippen LogP contribution in [0.15, 0.2) is 28.8 Å². The standard InChI is InChI=1S/C18H23FN2O/c1-13-17(14(2)22-20-13)12-21-9-7-15(8-10-21)11-16-5-3-4-6-18(16)19/h3-6,15H,7-12H2,1-2H3. The normalized spacial score (nSPS) is 17.0. The molecule has 3 nitrogen and oxygen atoms in total. The Hall–Kier alpha value is -1.68. The molecule has 0 saturated carbocycles. The molecule has 0 aliphatic carbocycles. The Morgan fingerprint density at radius 1 is 1.23 bits per heavy atom. The van der Waals surface area contributed by atoms with E-state index in [9.17, 15) is 4.39 Å². The maximum atomic E-state index is 13.7. The first kappa shape index (κ1) is 15.2. The maximum Gasteiger partial charge on any atom is 0.138 e. The van der Waals surface area contributed by atoms with Gasteiger partial charge in [0.1, 0.15) is 11.6 Å². The Morgan fingerprint density at radius 2 is 1.95 bits per heavy atom. The highest BCUT2D eigenvalue weighted by atomic mass is 19.1. The Kier molecular flexibility index (Phi) is 4.57. The van der Waals surface area contributed by atoms with Crippen molar-refractivity contribution in [2.45, 2.75) is 39.7 Å². The zero-order valence-electron chi connectivity index (χ0n) is 13.3. The lowest BCUT2D eigenvalue weighted by atomic mass is 9.90. The molecule has 22 heavy (non-hydrogen) atoms. The van der Waals surface area contributed by atoms with E-state index in [-0.39, 0.29) is 5.82 Å². The van der Waals surface area contributed by atoms with Crippen LogP contribution < -0.4 is 0 Å². The van der Waals surface area contributed by atoms with Crippen LogP contribution in [0.25, 0.3) is 0 Å². The lowest BCUT2D eigenvalue weighted by molar-refractivity contribution is 0.175. The Balaban J connectivity index is 1.53. The zero-order chi connectivity index (χ0) is 15.5. The van der Waals surface area contributed by atoms with Crippen LogP contribution in [0.2, 0.25) is 0 Å². The number of likely N-dealkylation sites (tertiary alicyclic amines) is 1. The molecular formula is C18H23FN2O. The van der Waals surface area contributed by atoms with Gasteiger partial charge in [0.15, 0.2) is 0 Å². The number of aryl methyl sites for hydroxylation is 2. The van der Waals surface area contributed by atoms with Crippen molar-refractivity contribution < 1.29 is 8.91 Å². The van der Waals surface area contributed by atoms with Crippen molar-refractivity contribution in [3.8, 4) is 0 Å². The minimum absolute atomic E-state index is 0.0688. The van der Waals surface area contributed by atoms with Gasteiger partial charge < -0.3 is 4.52 Å². The third-order valence-corrected chi connectivity index (χ3v) is 4.74. The lowest BCUT2D eigenvalue weighted by Gasteiger charge is -2.32. The molecule has 0 radical (unpaired) electrons. The van der Waals surface area contributed by atoms with Gasteiger partial charge in [0.05, 0.1) is 5.69 Å². The molecule has 0 bridgehead atoms.